The molecule has 0 saturated carbocycles. The van der Waals surface area contributed by atoms with Gasteiger partial charge in [-0.25, -0.2) is 5.06 Å². The van der Waals surface area contributed by atoms with E-state index < -0.39 is 6.04 Å². The van der Waals surface area contributed by atoms with Crippen molar-refractivity contribution < 1.29 is 14.4 Å². The molecular formula is C6H12N2O3. The molecular weight excluding hydrogens is 148 g/mol. The summed E-state index contributed by atoms with van der Waals surface area (Å²) in [6.07, 6.45) is 0. The summed E-state index contributed by atoms with van der Waals surface area (Å²) in [4.78, 5) is 16.0. The van der Waals surface area contributed by atoms with Gasteiger partial charge in [-0.3, -0.25) is 9.63 Å². The third kappa shape index (κ3) is 1.89. The predicted molar refractivity (Wildman–Crippen MR) is 37.5 cm³/mol. The summed E-state index contributed by atoms with van der Waals surface area (Å²) in [5.74, 6) is -0.165. The number of nitrogens with two attached hydrogens (primary N) is 1. The minimum Gasteiger partial charge on any atom is -0.383 e. The van der Waals surface area contributed by atoms with Gasteiger partial charge >= 0.3 is 0 Å². The summed E-state index contributed by atoms with van der Waals surface area (Å²) in [7, 11) is 1.57. The third-order valence-electron chi connectivity index (χ3n) is 1.47. The molecule has 64 valence electrons. The van der Waals surface area contributed by atoms with Gasteiger partial charge in [-0.05, 0) is 0 Å². The van der Waals surface area contributed by atoms with E-state index in [1.807, 2.05) is 0 Å². The van der Waals surface area contributed by atoms with Gasteiger partial charge in [0.2, 0.25) is 0 Å². The molecule has 1 atom stereocenters. The van der Waals surface area contributed by atoms with Crippen LogP contribution in [0.2, 0.25) is 0 Å². The summed E-state index contributed by atoms with van der Waals surface area (Å²) in [5.41, 5.74) is 5.38. The Morgan fingerprint density at radius 1 is 1.91 bits per heavy atom. The van der Waals surface area contributed by atoms with E-state index in [4.69, 9.17) is 15.3 Å². The molecule has 1 aliphatic heterocycles. The second-order valence-electron chi connectivity index (χ2n) is 2.34. The van der Waals surface area contributed by atoms with Gasteiger partial charge in [0.05, 0.1) is 19.8 Å². The third-order valence-corrected chi connectivity index (χ3v) is 1.47. The number of amides is 1. The number of methoxy groups -OCH3 is 1. The van der Waals surface area contributed by atoms with Crippen molar-refractivity contribution in [3.05, 3.63) is 0 Å². The number of nitrogens with zero attached hydrogens (tertiary/aromatic N) is 1. The molecule has 1 heterocycles. The van der Waals surface area contributed by atoms with E-state index in [1.54, 1.807) is 7.11 Å². The maximum Gasteiger partial charge on any atom is 0.265 e. The summed E-state index contributed by atoms with van der Waals surface area (Å²) in [6, 6.07) is -0.494. The Kier molecular flexibility index (Phi) is 2.81. The van der Waals surface area contributed by atoms with Crippen molar-refractivity contribution in [2.45, 2.75) is 6.04 Å². The number of ether oxygens (including phenoxy) is 1. The van der Waals surface area contributed by atoms with E-state index in [-0.39, 0.29) is 12.5 Å². The van der Waals surface area contributed by atoms with E-state index >= 15 is 0 Å². The number of carbonyl (C=O) groups excluding carboxylic acids is 1. The van der Waals surface area contributed by atoms with Crippen LogP contribution in [0.15, 0.2) is 0 Å². The second-order valence-corrected chi connectivity index (χ2v) is 2.34. The first-order valence-electron chi connectivity index (χ1n) is 3.44. The fraction of sp³-hybridized carbons (Fsp3) is 0.833. The lowest BCUT2D eigenvalue weighted by molar-refractivity contribution is -0.164. The molecule has 0 bridgehead atoms. The van der Waals surface area contributed by atoms with Crippen LogP contribution in [0, 0.1) is 0 Å². The number of rotatable bonds is 3. The topological polar surface area (TPSA) is 64.8 Å². The normalized spacial score (nSPS) is 24.7. The quantitative estimate of drug-likeness (QED) is 0.559. The van der Waals surface area contributed by atoms with Gasteiger partial charge in [0, 0.05) is 7.11 Å². The lowest BCUT2D eigenvalue weighted by atomic mass is 10.3. The number of hydrogen-bond acceptors (Lipinski definition) is 4. The van der Waals surface area contributed by atoms with E-state index in [2.05, 4.69) is 0 Å². The van der Waals surface area contributed by atoms with Gasteiger partial charge in [0.25, 0.3) is 5.91 Å². The number of hydroxylamine groups is 2. The van der Waals surface area contributed by atoms with Crippen molar-refractivity contribution in [2.24, 2.45) is 5.73 Å². The fourth-order valence-corrected chi connectivity index (χ4v) is 0.839. The predicted octanol–water partition coefficient (Wildman–Crippen LogP) is -1.27. The average molecular weight is 160 g/mol. The summed E-state index contributed by atoms with van der Waals surface area (Å²) in [5, 5.41) is 1.24. The van der Waals surface area contributed by atoms with Crippen molar-refractivity contribution >= 4 is 5.91 Å². The van der Waals surface area contributed by atoms with Crippen LogP contribution in [0.25, 0.3) is 0 Å². The number of carbonyl (C=O) groups is 1. The lowest BCUT2D eigenvalue weighted by Crippen LogP contribution is -2.35. The van der Waals surface area contributed by atoms with Crippen LogP contribution < -0.4 is 5.73 Å². The van der Waals surface area contributed by atoms with Crippen LogP contribution in [0.4, 0.5) is 0 Å². The first-order chi connectivity index (χ1) is 5.25. The molecule has 1 aliphatic rings. The zero-order chi connectivity index (χ0) is 8.27. The Labute approximate surface area is 65.0 Å². The zero-order valence-corrected chi connectivity index (χ0v) is 6.45. The monoisotopic (exact) mass is 160 g/mol. The molecule has 0 aromatic heterocycles. The maximum atomic E-state index is 11.0. The summed E-state index contributed by atoms with van der Waals surface area (Å²) < 4.78 is 4.77. The molecule has 1 fully saturated rings. The maximum absolute atomic E-state index is 11.0. The second kappa shape index (κ2) is 3.66. The van der Waals surface area contributed by atoms with Gasteiger partial charge in [0.1, 0.15) is 6.04 Å². The standard InChI is InChI=1S/C6H12N2O3/c1-10-3-2-8-6(9)5(7)4-11-8/h5H,2-4,7H2,1H3. The highest BCUT2D eigenvalue weighted by molar-refractivity contribution is 5.82. The van der Waals surface area contributed by atoms with Crippen molar-refractivity contribution in [3.63, 3.8) is 0 Å². The Morgan fingerprint density at radius 2 is 2.64 bits per heavy atom. The lowest BCUT2D eigenvalue weighted by Gasteiger charge is -2.12. The van der Waals surface area contributed by atoms with Crippen LogP contribution in [0.5, 0.6) is 0 Å². The highest BCUT2D eigenvalue weighted by atomic mass is 16.7. The molecule has 5 heteroatoms. The molecule has 0 radical (unpaired) electrons. The van der Waals surface area contributed by atoms with Gasteiger partial charge < -0.3 is 10.5 Å². The molecule has 1 saturated heterocycles. The highest BCUT2D eigenvalue weighted by Gasteiger charge is 2.29. The molecule has 2 N–H and O–H groups in total. The van der Waals surface area contributed by atoms with Crippen LogP contribution in [-0.2, 0) is 14.4 Å². The van der Waals surface area contributed by atoms with Crippen LogP contribution >= 0.6 is 0 Å². The minimum absolute atomic E-state index is 0.165. The van der Waals surface area contributed by atoms with E-state index in [1.165, 1.54) is 5.06 Å². The smallest absolute Gasteiger partial charge is 0.265 e. The average Bonchev–Trinajstić information content (AvgIpc) is 2.31. The first-order valence-corrected chi connectivity index (χ1v) is 3.44. The largest absolute Gasteiger partial charge is 0.383 e. The Morgan fingerprint density at radius 3 is 3.09 bits per heavy atom. The molecule has 1 amide bonds. The van der Waals surface area contributed by atoms with Crippen molar-refractivity contribution in [1.82, 2.24) is 5.06 Å². The highest BCUT2D eigenvalue weighted by Crippen LogP contribution is 2.04. The van der Waals surface area contributed by atoms with Crippen molar-refractivity contribution in [3.8, 4) is 0 Å². The van der Waals surface area contributed by atoms with Gasteiger partial charge in [0.15, 0.2) is 0 Å². The number of hydrogen-bond donors (Lipinski definition) is 1. The van der Waals surface area contributed by atoms with E-state index in [0.29, 0.717) is 13.2 Å². The van der Waals surface area contributed by atoms with Crippen molar-refractivity contribution in [1.29, 1.82) is 0 Å². The molecule has 0 aromatic carbocycles. The Balaban J connectivity index is 2.30. The minimum atomic E-state index is -0.494. The van der Waals surface area contributed by atoms with Crippen LogP contribution in [-0.4, -0.2) is 43.9 Å². The van der Waals surface area contributed by atoms with Gasteiger partial charge in [-0.15, -0.1) is 0 Å². The summed E-state index contributed by atoms with van der Waals surface area (Å²) >= 11 is 0. The SMILES string of the molecule is COCCN1OCC(N)C1=O. The van der Waals surface area contributed by atoms with E-state index in [9.17, 15) is 4.79 Å². The van der Waals surface area contributed by atoms with Crippen molar-refractivity contribution in [2.75, 3.05) is 26.9 Å². The Hall–Kier alpha value is -0.650. The van der Waals surface area contributed by atoms with Crippen LogP contribution in [0.3, 0.4) is 0 Å². The Bertz CT molecular complexity index is 151. The fourth-order valence-electron chi connectivity index (χ4n) is 0.839. The first kappa shape index (κ1) is 8.45. The van der Waals surface area contributed by atoms with Gasteiger partial charge in [-0.2, -0.15) is 0 Å². The zero-order valence-electron chi connectivity index (χ0n) is 6.45. The molecule has 11 heavy (non-hydrogen) atoms. The molecule has 0 spiro atoms. The van der Waals surface area contributed by atoms with Gasteiger partial charge in [-0.1, -0.05) is 0 Å². The molecule has 5 nitrogen and oxygen atoms in total. The molecule has 0 aromatic rings. The molecule has 1 rings (SSSR count). The van der Waals surface area contributed by atoms with Crippen LogP contribution in [0.1, 0.15) is 0 Å². The molecule has 0 aliphatic carbocycles. The molecule has 1 unspecified atom stereocenters. The van der Waals surface area contributed by atoms with E-state index in [0.717, 1.165) is 0 Å². The summed E-state index contributed by atoms with van der Waals surface area (Å²) in [6.45, 7) is 1.20.